The molecule has 0 unspecified atom stereocenters. The van der Waals surface area contributed by atoms with Crippen LogP contribution in [0.4, 0.5) is 0 Å². The number of benzene rings is 1. The number of aryl methyl sites for hydroxylation is 2. The van der Waals surface area contributed by atoms with E-state index < -0.39 is 0 Å². The van der Waals surface area contributed by atoms with Gasteiger partial charge in [-0.25, -0.2) is 0 Å². The number of nitrogens with one attached hydrogen (secondary N) is 2. The maximum Gasteiger partial charge on any atom is 0.253 e. The maximum atomic E-state index is 12.8. The number of H-pyrrole nitrogens is 1. The molecule has 2 aliphatic rings. The molecule has 2 aromatic rings. The summed E-state index contributed by atoms with van der Waals surface area (Å²) in [5, 5.41) is 3.00. The van der Waals surface area contributed by atoms with Crippen molar-refractivity contribution in [2.24, 2.45) is 5.92 Å². The van der Waals surface area contributed by atoms with Gasteiger partial charge in [-0.15, -0.1) is 0 Å². The first-order valence-electron chi connectivity index (χ1n) is 9.40. The molecule has 1 aliphatic heterocycles. The number of para-hydroxylation sites is 1. The third kappa shape index (κ3) is 3.20. The molecule has 27 heavy (non-hydrogen) atoms. The Hall–Kier alpha value is -2.76. The van der Waals surface area contributed by atoms with E-state index in [0.717, 1.165) is 47.7 Å². The van der Waals surface area contributed by atoms with Crippen LogP contribution in [0.2, 0.25) is 0 Å². The molecule has 1 atom stereocenters. The molecule has 1 aromatic heterocycles. The van der Waals surface area contributed by atoms with Crippen molar-refractivity contribution in [1.82, 2.24) is 10.3 Å². The molecule has 4 rings (SSSR count). The smallest absolute Gasteiger partial charge is 0.253 e. The molecule has 0 spiro atoms. The lowest BCUT2D eigenvalue weighted by Gasteiger charge is -2.26. The topological polar surface area (TPSA) is 80.4 Å². The highest BCUT2D eigenvalue weighted by molar-refractivity contribution is 6.10. The Morgan fingerprint density at radius 3 is 3.04 bits per heavy atom. The van der Waals surface area contributed by atoms with Gasteiger partial charge in [0.05, 0.1) is 24.8 Å². The van der Waals surface area contributed by atoms with Crippen LogP contribution in [0.3, 0.4) is 0 Å². The number of methoxy groups -OCH3 is 1. The van der Waals surface area contributed by atoms with E-state index >= 15 is 0 Å². The van der Waals surface area contributed by atoms with Crippen LogP contribution in [-0.2, 0) is 12.8 Å². The zero-order chi connectivity index (χ0) is 19.0. The first kappa shape index (κ1) is 17.6. The summed E-state index contributed by atoms with van der Waals surface area (Å²) in [7, 11) is 1.63. The van der Waals surface area contributed by atoms with Crippen LogP contribution in [0.15, 0.2) is 18.2 Å². The molecule has 6 nitrogen and oxygen atoms in total. The van der Waals surface area contributed by atoms with E-state index in [4.69, 9.17) is 9.47 Å². The Labute approximate surface area is 158 Å². The monoisotopic (exact) mass is 368 g/mol. The van der Waals surface area contributed by atoms with E-state index in [9.17, 15) is 9.59 Å². The van der Waals surface area contributed by atoms with Gasteiger partial charge in [-0.1, -0.05) is 12.1 Å². The number of ketones is 1. The predicted molar refractivity (Wildman–Crippen MR) is 101 cm³/mol. The fourth-order valence-electron chi connectivity index (χ4n) is 4.09. The summed E-state index contributed by atoms with van der Waals surface area (Å²) in [5.41, 5.74) is 3.85. The van der Waals surface area contributed by atoms with E-state index in [1.807, 2.05) is 25.1 Å². The van der Waals surface area contributed by atoms with Crippen LogP contribution >= 0.6 is 0 Å². The Bertz CT molecular complexity index is 900. The molecule has 0 bridgehead atoms. The quantitative estimate of drug-likeness (QED) is 0.870. The number of carbonyl (C=O) groups is 2. The summed E-state index contributed by atoms with van der Waals surface area (Å²) >= 11 is 0. The second-order valence-electron chi connectivity index (χ2n) is 7.29. The van der Waals surface area contributed by atoms with Gasteiger partial charge >= 0.3 is 0 Å². The van der Waals surface area contributed by atoms with Gasteiger partial charge in [0.25, 0.3) is 5.91 Å². The maximum absolute atomic E-state index is 12.8. The highest BCUT2D eigenvalue weighted by Crippen LogP contribution is 2.36. The van der Waals surface area contributed by atoms with Crippen molar-refractivity contribution in [2.45, 2.75) is 32.6 Å². The minimum Gasteiger partial charge on any atom is -0.493 e. The van der Waals surface area contributed by atoms with Crippen molar-refractivity contribution in [1.29, 1.82) is 0 Å². The second-order valence-corrected chi connectivity index (χ2v) is 7.29. The lowest BCUT2D eigenvalue weighted by molar-refractivity contribution is 0.0917. The van der Waals surface area contributed by atoms with Crippen molar-refractivity contribution < 1.29 is 19.1 Å². The molecule has 2 heterocycles. The Morgan fingerprint density at radius 2 is 2.22 bits per heavy atom. The van der Waals surface area contributed by atoms with E-state index in [2.05, 4.69) is 10.3 Å². The van der Waals surface area contributed by atoms with Gasteiger partial charge in [-0.3, -0.25) is 9.59 Å². The highest BCUT2D eigenvalue weighted by Gasteiger charge is 2.29. The van der Waals surface area contributed by atoms with Crippen LogP contribution in [0.5, 0.6) is 11.5 Å². The number of hydrogen-bond acceptors (Lipinski definition) is 4. The predicted octanol–water partition coefficient (Wildman–Crippen LogP) is 2.83. The molecule has 1 aromatic carbocycles. The van der Waals surface area contributed by atoms with Crippen LogP contribution in [0.25, 0.3) is 0 Å². The van der Waals surface area contributed by atoms with E-state index in [1.54, 1.807) is 7.11 Å². The number of aromatic amines is 1. The van der Waals surface area contributed by atoms with Crippen LogP contribution < -0.4 is 14.8 Å². The van der Waals surface area contributed by atoms with Crippen LogP contribution in [0.1, 0.15) is 50.5 Å². The molecular formula is C21H24N2O4. The molecule has 6 heteroatoms. The van der Waals surface area contributed by atoms with E-state index in [-0.39, 0.29) is 17.6 Å². The van der Waals surface area contributed by atoms with Gasteiger partial charge in [0.1, 0.15) is 0 Å². The molecule has 2 N–H and O–H groups in total. The van der Waals surface area contributed by atoms with E-state index in [0.29, 0.717) is 30.7 Å². The minimum absolute atomic E-state index is 0.0628. The van der Waals surface area contributed by atoms with Gasteiger partial charge in [-0.2, -0.15) is 0 Å². The number of fused-ring (bicyclic) bond motifs is 2. The first-order valence-corrected chi connectivity index (χ1v) is 9.40. The normalized spacial score (nSPS) is 18.3. The molecule has 0 radical (unpaired) electrons. The van der Waals surface area contributed by atoms with Gasteiger partial charge in [0, 0.05) is 30.3 Å². The van der Waals surface area contributed by atoms with Crippen LogP contribution in [0, 0.1) is 12.8 Å². The molecule has 1 aliphatic carbocycles. The van der Waals surface area contributed by atoms with Crippen LogP contribution in [-0.4, -0.2) is 36.9 Å². The third-order valence-electron chi connectivity index (χ3n) is 5.41. The molecular weight excluding hydrogens is 344 g/mol. The fraction of sp³-hybridized carbons (Fsp3) is 0.429. The lowest BCUT2D eigenvalue weighted by atomic mass is 9.92. The van der Waals surface area contributed by atoms with Crippen molar-refractivity contribution in [3.8, 4) is 11.5 Å². The summed E-state index contributed by atoms with van der Waals surface area (Å²) in [6.07, 6.45) is 3.00. The number of amides is 1. The highest BCUT2D eigenvalue weighted by atomic mass is 16.5. The van der Waals surface area contributed by atoms with Crippen molar-refractivity contribution in [2.75, 3.05) is 20.3 Å². The van der Waals surface area contributed by atoms with Gasteiger partial charge in [0.2, 0.25) is 0 Å². The van der Waals surface area contributed by atoms with Gasteiger partial charge < -0.3 is 19.8 Å². The molecule has 142 valence electrons. The van der Waals surface area contributed by atoms with Gasteiger partial charge in [0.15, 0.2) is 17.3 Å². The van der Waals surface area contributed by atoms with Crippen molar-refractivity contribution in [3.63, 3.8) is 0 Å². The third-order valence-corrected chi connectivity index (χ3v) is 5.41. The van der Waals surface area contributed by atoms with E-state index in [1.165, 1.54) is 0 Å². The van der Waals surface area contributed by atoms with Gasteiger partial charge in [-0.05, 0) is 37.8 Å². The summed E-state index contributed by atoms with van der Waals surface area (Å²) in [6, 6.07) is 5.86. The number of carbonyl (C=O) groups excluding carboxylic acids is 2. The van der Waals surface area contributed by atoms with Crippen molar-refractivity contribution in [3.05, 3.63) is 46.3 Å². The first-order chi connectivity index (χ1) is 13.1. The Morgan fingerprint density at radius 1 is 1.37 bits per heavy atom. The zero-order valence-corrected chi connectivity index (χ0v) is 15.7. The number of Topliss-reactive ketones (excluding diaryl/α,β-unsaturated/α-hetero) is 1. The molecule has 0 fully saturated rings. The lowest BCUT2D eigenvalue weighted by Crippen LogP contribution is -2.35. The standard InChI is InChI=1S/C21H24N2O4/c1-12-18(19-15(23-12)6-4-7-16(19)24)21(25)22-10-13-9-14-5-3-8-17(26-2)20(14)27-11-13/h3,5,8,13,23H,4,6-7,9-11H2,1-2H3,(H,22,25)/t13-/m1/s1. The van der Waals surface area contributed by atoms with Crippen molar-refractivity contribution >= 4 is 11.7 Å². The zero-order valence-electron chi connectivity index (χ0n) is 15.7. The number of ether oxygens (including phenoxy) is 2. The average molecular weight is 368 g/mol. The number of aromatic nitrogens is 1. The summed E-state index contributed by atoms with van der Waals surface area (Å²) < 4.78 is 11.2. The fourth-order valence-corrected chi connectivity index (χ4v) is 4.09. The minimum atomic E-state index is -0.184. The second kappa shape index (κ2) is 7.10. The Kier molecular flexibility index (Phi) is 4.64. The molecule has 1 amide bonds. The SMILES string of the molecule is COc1cccc2c1OC[C@@H](CNC(=O)c1c(C)[nH]c3c1C(=O)CCC3)C2. The number of rotatable bonds is 4. The summed E-state index contributed by atoms with van der Waals surface area (Å²) in [6.45, 7) is 2.88. The average Bonchev–Trinajstić information content (AvgIpc) is 3.02. The molecule has 0 saturated heterocycles. The Balaban J connectivity index is 1.45. The summed E-state index contributed by atoms with van der Waals surface area (Å²) in [4.78, 5) is 28.3. The number of hydrogen-bond donors (Lipinski definition) is 2. The largest absolute Gasteiger partial charge is 0.493 e. The molecule has 0 saturated carbocycles. The summed E-state index contributed by atoms with van der Waals surface area (Å²) in [5.74, 6) is 1.59.